The number of benzene rings is 1. The highest BCUT2D eigenvalue weighted by Crippen LogP contribution is 2.37. The van der Waals surface area contributed by atoms with Crippen LogP contribution in [0.4, 0.5) is 11.5 Å². The molecule has 12 heteroatoms. The number of aromatic nitrogens is 4. The molecule has 5 rings (SSSR count). The third-order valence-electron chi connectivity index (χ3n) is 6.14. The molecule has 7 N–H and O–H groups in total. The van der Waals surface area contributed by atoms with Gasteiger partial charge in [-0.25, -0.2) is 15.8 Å². The summed E-state index contributed by atoms with van der Waals surface area (Å²) in [4.78, 5) is 25.3. The number of H-pyrrole nitrogens is 1. The van der Waals surface area contributed by atoms with Crippen molar-refractivity contribution in [1.82, 2.24) is 19.5 Å². The normalized spacial score (nSPS) is 14.9. The Kier molecular flexibility index (Phi) is 6.35. The summed E-state index contributed by atoms with van der Waals surface area (Å²) < 4.78 is 1.71. The van der Waals surface area contributed by atoms with Crippen LogP contribution < -0.4 is 27.9 Å². The molecule has 10 nitrogen and oxygen atoms in total. The van der Waals surface area contributed by atoms with E-state index in [2.05, 4.69) is 15.0 Å². The first kappa shape index (κ1) is 24.4. The van der Waals surface area contributed by atoms with Crippen molar-refractivity contribution in [3.8, 4) is 28.5 Å². The average Bonchev–Trinajstić information content (AvgIpc) is 3.48. The summed E-state index contributed by atoms with van der Waals surface area (Å²) in [5, 5.41) is 11.1. The number of nitrogens with one attached hydrogen (secondary N) is 1. The zero-order chi connectivity index (χ0) is 26.3. The number of hydrogen-bond donors (Lipinski definition) is 4. The van der Waals surface area contributed by atoms with E-state index >= 15 is 0 Å². The van der Waals surface area contributed by atoms with Gasteiger partial charge in [-0.1, -0.05) is 23.2 Å². The molecular formula is C25H21Cl2N9O. The molecule has 1 atom stereocenters. The number of halogens is 2. The van der Waals surface area contributed by atoms with Crippen molar-refractivity contribution < 1.29 is 0 Å². The average molecular weight is 534 g/mol. The van der Waals surface area contributed by atoms with Gasteiger partial charge in [0.25, 0.3) is 5.56 Å². The van der Waals surface area contributed by atoms with Gasteiger partial charge in [-0.3, -0.25) is 9.80 Å². The van der Waals surface area contributed by atoms with Gasteiger partial charge in [0.05, 0.1) is 17.9 Å². The Morgan fingerprint density at radius 1 is 1.22 bits per heavy atom. The molecule has 1 aromatic carbocycles. The van der Waals surface area contributed by atoms with Gasteiger partial charge < -0.3 is 21.0 Å². The number of nitrogens with two attached hydrogens (primary N) is 3. The van der Waals surface area contributed by atoms with E-state index in [-0.39, 0.29) is 17.3 Å². The Morgan fingerprint density at radius 3 is 2.76 bits per heavy atom. The monoisotopic (exact) mass is 533 g/mol. The number of hydrogen-bond acceptors (Lipinski definition) is 8. The van der Waals surface area contributed by atoms with E-state index in [0.717, 1.165) is 5.69 Å². The molecule has 186 valence electrons. The minimum absolute atomic E-state index is 0.0634. The van der Waals surface area contributed by atoms with E-state index in [4.69, 9.17) is 45.8 Å². The standard InChI is InChI=1S/C25H21Cl2N9O/c26-15-2-4-19(35(31)12-16(29)10-28)18(9-15)14-7-17-3-5-20(36(17)22(37)8-14)25-33-23(24(27)34-25)13-1-6-21(30)32-11-13/h1-2,4,6-9,11-12,20H,3,5,29,31H2,(H2,30,32)(H,33,34)/b16-12-. The number of imidazole rings is 1. The summed E-state index contributed by atoms with van der Waals surface area (Å²) >= 11 is 12.7. The van der Waals surface area contributed by atoms with Crippen molar-refractivity contribution in [3.63, 3.8) is 0 Å². The zero-order valence-electron chi connectivity index (χ0n) is 19.3. The van der Waals surface area contributed by atoms with Crippen molar-refractivity contribution in [2.75, 3.05) is 10.7 Å². The molecule has 4 heterocycles. The highest BCUT2D eigenvalue weighted by molar-refractivity contribution is 6.32. The second-order valence-electron chi connectivity index (χ2n) is 8.52. The summed E-state index contributed by atoms with van der Waals surface area (Å²) in [6.07, 6.45) is 4.21. The second kappa shape index (κ2) is 9.63. The lowest BCUT2D eigenvalue weighted by molar-refractivity contribution is 0.572. The number of hydrazine groups is 1. The molecule has 0 aliphatic carbocycles. The number of anilines is 2. The summed E-state index contributed by atoms with van der Waals surface area (Å²) in [5.41, 5.74) is 14.9. The van der Waals surface area contributed by atoms with Crippen molar-refractivity contribution in [3.05, 3.63) is 92.6 Å². The molecule has 37 heavy (non-hydrogen) atoms. The minimum atomic E-state index is -0.312. The molecule has 1 unspecified atom stereocenters. The number of nitrogen functional groups attached to an aromatic ring is 1. The molecule has 0 fully saturated rings. The van der Waals surface area contributed by atoms with Crippen molar-refractivity contribution >= 4 is 34.7 Å². The van der Waals surface area contributed by atoms with Gasteiger partial charge in [0.2, 0.25) is 0 Å². The fourth-order valence-corrected chi connectivity index (χ4v) is 4.91. The number of pyridine rings is 2. The highest BCUT2D eigenvalue weighted by atomic mass is 35.5. The summed E-state index contributed by atoms with van der Waals surface area (Å²) in [6.45, 7) is 0. The Bertz CT molecular complexity index is 1630. The Morgan fingerprint density at radius 2 is 2.03 bits per heavy atom. The SMILES string of the molecule is N#C/C(N)=C/N(N)c1ccc(Cl)cc1-c1cc2n(c(=O)c1)C(c1nc(-c3ccc(N)nc3)c(Cl)[nH]1)CC2. The third kappa shape index (κ3) is 4.63. The van der Waals surface area contributed by atoms with Gasteiger partial charge in [0, 0.05) is 34.1 Å². The van der Waals surface area contributed by atoms with E-state index in [1.807, 2.05) is 12.1 Å². The van der Waals surface area contributed by atoms with E-state index in [9.17, 15) is 4.79 Å². The van der Waals surface area contributed by atoms with E-state index < -0.39 is 0 Å². The number of nitriles is 1. The molecule has 0 amide bonds. The maximum atomic E-state index is 13.4. The van der Waals surface area contributed by atoms with Crippen LogP contribution >= 0.6 is 23.2 Å². The van der Waals surface area contributed by atoms with Crippen LogP contribution in [0.15, 0.2) is 65.4 Å². The van der Waals surface area contributed by atoms with E-state index in [0.29, 0.717) is 62.7 Å². The fourth-order valence-electron chi connectivity index (χ4n) is 4.49. The first-order chi connectivity index (χ1) is 17.7. The van der Waals surface area contributed by atoms with Gasteiger partial charge in [-0.05, 0) is 54.8 Å². The number of aromatic amines is 1. The molecular weight excluding hydrogens is 513 g/mol. The van der Waals surface area contributed by atoms with Crippen LogP contribution in [0.2, 0.25) is 10.2 Å². The number of fused-ring (bicyclic) bond motifs is 1. The van der Waals surface area contributed by atoms with Gasteiger partial charge in [-0.2, -0.15) is 5.26 Å². The lowest BCUT2D eigenvalue weighted by atomic mass is 10.0. The Labute approximate surface area is 221 Å². The van der Waals surface area contributed by atoms with Crippen molar-refractivity contribution in [1.29, 1.82) is 5.26 Å². The van der Waals surface area contributed by atoms with Crippen LogP contribution in [0.25, 0.3) is 22.4 Å². The quantitative estimate of drug-likeness (QED) is 0.171. The van der Waals surface area contributed by atoms with Crippen molar-refractivity contribution in [2.24, 2.45) is 11.6 Å². The van der Waals surface area contributed by atoms with Gasteiger partial charge in [0.1, 0.15) is 34.3 Å². The summed E-state index contributed by atoms with van der Waals surface area (Å²) in [7, 11) is 0. The number of aryl methyl sites for hydroxylation is 1. The summed E-state index contributed by atoms with van der Waals surface area (Å²) in [6, 6.07) is 13.5. The molecule has 0 spiro atoms. The van der Waals surface area contributed by atoms with Crippen LogP contribution in [-0.4, -0.2) is 19.5 Å². The van der Waals surface area contributed by atoms with Crippen LogP contribution in [-0.2, 0) is 6.42 Å². The van der Waals surface area contributed by atoms with Crippen LogP contribution in [0.1, 0.15) is 24.0 Å². The van der Waals surface area contributed by atoms with E-state index in [1.165, 1.54) is 17.3 Å². The lowest BCUT2D eigenvalue weighted by Gasteiger charge is -2.19. The maximum Gasteiger partial charge on any atom is 0.252 e. The van der Waals surface area contributed by atoms with Crippen LogP contribution in [0.3, 0.4) is 0 Å². The first-order valence-corrected chi connectivity index (χ1v) is 11.9. The molecule has 1 aliphatic heterocycles. The smallest absolute Gasteiger partial charge is 0.252 e. The lowest BCUT2D eigenvalue weighted by Crippen LogP contribution is -2.27. The number of nitrogens with zero attached hydrogens (tertiary/aromatic N) is 5. The van der Waals surface area contributed by atoms with Gasteiger partial charge >= 0.3 is 0 Å². The first-order valence-electron chi connectivity index (χ1n) is 11.2. The summed E-state index contributed by atoms with van der Waals surface area (Å²) in [5.74, 6) is 7.12. The second-order valence-corrected chi connectivity index (χ2v) is 9.33. The van der Waals surface area contributed by atoms with E-state index in [1.54, 1.807) is 41.1 Å². The number of allylic oxidation sites excluding steroid dienone is 1. The van der Waals surface area contributed by atoms with Crippen molar-refractivity contribution in [2.45, 2.75) is 18.9 Å². The maximum absolute atomic E-state index is 13.4. The molecule has 0 saturated carbocycles. The number of rotatable bonds is 5. The predicted octanol–water partition coefficient (Wildman–Crippen LogP) is 3.73. The van der Waals surface area contributed by atoms with Gasteiger partial charge in [0.15, 0.2) is 0 Å². The van der Waals surface area contributed by atoms with Crippen LogP contribution in [0, 0.1) is 11.3 Å². The zero-order valence-corrected chi connectivity index (χ0v) is 20.8. The van der Waals surface area contributed by atoms with Crippen LogP contribution in [0.5, 0.6) is 0 Å². The Hall–Kier alpha value is -4.30. The third-order valence-corrected chi connectivity index (χ3v) is 6.65. The minimum Gasteiger partial charge on any atom is -0.389 e. The molecule has 4 aromatic rings. The predicted molar refractivity (Wildman–Crippen MR) is 143 cm³/mol. The van der Waals surface area contributed by atoms with Gasteiger partial charge in [-0.15, -0.1) is 0 Å². The molecule has 3 aromatic heterocycles. The molecule has 1 aliphatic rings. The highest BCUT2D eigenvalue weighted by Gasteiger charge is 2.29. The largest absolute Gasteiger partial charge is 0.389 e. The topological polar surface area (TPSA) is 169 Å². The Balaban J connectivity index is 1.54. The molecule has 0 radical (unpaired) electrons. The molecule has 0 saturated heterocycles. The fraction of sp³-hybridized carbons (Fsp3) is 0.120. The molecule has 0 bridgehead atoms.